The van der Waals surface area contributed by atoms with Gasteiger partial charge in [0.1, 0.15) is 29.9 Å². The van der Waals surface area contributed by atoms with Crippen LogP contribution in [0, 0.1) is 6.92 Å². The Bertz CT molecular complexity index is 796. The van der Waals surface area contributed by atoms with Crippen LogP contribution in [0.4, 0.5) is 0 Å². The quantitative estimate of drug-likeness (QED) is 0.693. The van der Waals surface area contributed by atoms with E-state index < -0.39 is 6.10 Å². The molecule has 126 valence electrons. The molecule has 0 radical (unpaired) electrons. The SMILES string of the molecule is COc1cccc(OCC(O)Cn2ccnc2-c2nc[nH]c2C)c1. The van der Waals surface area contributed by atoms with Crippen molar-refractivity contribution in [3.8, 4) is 23.0 Å². The minimum atomic E-state index is -0.677. The average molecular weight is 328 g/mol. The van der Waals surface area contributed by atoms with Crippen molar-refractivity contribution >= 4 is 0 Å². The molecule has 0 aliphatic heterocycles. The molecule has 2 aromatic heterocycles. The van der Waals surface area contributed by atoms with Crippen LogP contribution in [-0.4, -0.2) is 44.4 Å². The molecule has 2 N–H and O–H groups in total. The Labute approximate surface area is 139 Å². The number of aliphatic hydroxyl groups excluding tert-OH is 1. The van der Waals surface area contributed by atoms with Gasteiger partial charge in [-0.2, -0.15) is 0 Å². The molecule has 0 bridgehead atoms. The van der Waals surface area contributed by atoms with Gasteiger partial charge in [-0.1, -0.05) is 6.07 Å². The highest BCUT2D eigenvalue weighted by molar-refractivity contribution is 5.52. The fourth-order valence-corrected chi connectivity index (χ4v) is 2.42. The summed E-state index contributed by atoms with van der Waals surface area (Å²) < 4.78 is 12.6. The van der Waals surface area contributed by atoms with Gasteiger partial charge in [-0.05, 0) is 19.1 Å². The normalized spacial score (nSPS) is 12.1. The highest BCUT2D eigenvalue weighted by Crippen LogP contribution is 2.20. The Hall–Kier alpha value is -2.80. The maximum atomic E-state index is 10.3. The topological polar surface area (TPSA) is 85.2 Å². The summed E-state index contributed by atoms with van der Waals surface area (Å²) in [4.78, 5) is 11.6. The van der Waals surface area contributed by atoms with Gasteiger partial charge in [0.05, 0.1) is 20.0 Å². The minimum absolute atomic E-state index is 0.171. The second-order valence-corrected chi connectivity index (χ2v) is 5.42. The van der Waals surface area contributed by atoms with E-state index in [1.165, 1.54) is 0 Å². The highest BCUT2D eigenvalue weighted by atomic mass is 16.5. The fourth-order valence-electron chi connectivity index (χ4n) is 2.42. The molecule has 0 fully saturated rings. The van der Waals surface area contributed by atoms with Crippen LogP contribution in [0.1, 0.15) is 5.69 Å². The van der Waals surface area contributed by atoms with Gasteiger partial charge in [0.2, 0.25) is 0 Å². The Morgan fingerprint density at radius 1 is 1.29 bits per heavy atom. The number of H-pyrrole nitrogens is 1. The van der Waals surface area contributed by atoms with Crippen LogP contribution in [0.2, 0.25) is 0 Å². The predicted molar refractivity (Wildman–Crippen MR) is 89.0 cm³/mol. The van der Waals surface area contributed by atoms with Gasteiger partial charge in [-0.3, -0.25) is 0 Å². The Morgan fingerprint density at radius 2 is 2.12 bits per heavy atom. The monoisotopic (exact) mass is 328 g/mol. The molecule has 1 unspecified atom stereocenters. The zero-order valence-corrected chi connectivity index (χ0v) is 13.6. The number of hydrogen-bond acceptors (Lipinski definition) is 5. The fraction of sp³-hybridized carbons (Fsp3) is 0.294. The number of aryl methyl sites for hydroxylation is 1. The van der Waals surface area contributed by atoms with E-state index >= 15 is 0 Å². The van der Waals surface area contributed by atoms with Crippen LogP contribution in [0.5, 0.6) is 11.5 Å². The first-order valence-electron chi connectivity index (χ1n) is 7.63. The number of nitrogens with one attached hydrogen (secondary N) is 1. The molecule has 0 aliphatic carbocycles. The Morgan fingerprint density at radius 3 is 2.88 bits per heavy atom. The smallest absolute Gasteiger partial charge is 0.160 e. The molecule has 0 saturated carbocycles. The molecule has 1 aromatic carbocycles. The van der Waals surface area contributed by atoms with E-state index in [2.05, 4.69) is 15.0 Å². The van der Waals surface area contributed by atoms with Crippen LogP contribution in [0.25, 0.3) is 11.5 Å². The van der Waals surface area contributed by atoms with E-state index in [1.54, 1.807) is 25.7 Å². The standard InChI is InChI=1S/C17H20N4O3/c1-12-16(20-11-19-12)17-18-6-7-21(17)9-13(22)10-24-15-5-3-4-14(8-15)23-2/h3-8,11,13,22H,9-10H2,1-2H3,(H,19,20). The molecule has 0 saturated heterocycles. The number of nitrogens with zero attached hydrogens (tertiary/aromatic N) is 3. The number of aromatic amines is 1. The van der Waals surface area contributed by atoms with Gasteiger partial charge in [0, 0.05) is 24.2 Å². The predicted octanol–water partition coefficient (Wildman–Crippen LogP) is 2.03. The largest absolute Gasteiger partial charge is 0.497 e. The summed E-state index contributed by atoms with van der Waals surface area (Å²) in [5.41, 5.74) is 1.71. The Kier molecular flexibility index (Phi) is 4.81. The van der Waals surface area contributed by atoms with E-state index in [0.717, 1.165) is 11.4 Å². The summed E-state index contributed by atoms with van der Waals surface area (Å²) in [5, 5.41) is 10.3. The van der Waals surface area contributed by atoms with Crippen LogP contribution in [0.3, 0.4) is 0 Å². The van der Waals surface area contributed by atoms with E-state index in [9.17, 15) is 5.11 Å². The van der Waals surface area contributed by atoms with E-state index in [4.69, 9.17) is 9.47 Å². The molecular weight excluding hydrogens is 308 g/mol. The molecule has 0 amide bonds. The lowest BCUT2D eigenvalue weighted by molar-refractivity contribution is 0.0927. The molecule has 0 aliphatic rings. The number of aliphatic hydroxyl groups is 1. The lowest BCUT2D eigenvalue weighted by Crippen LogP contribution is -2.23. The first-order chi connectivity index (χ1) is 11.7. The van der Waals surface area contributed by atoms with E-state index in [0.29, 0.717) is 23.9 Å². The minimum Gasteiger partial charge on any atom is -0.497 e. The van der Waals surface area contributed by atoms with Crippen molar-refractivity contribution in [1.29, 1.82) is 0 Å². The van der Waals surface area contributed by atoms with Crippen LogP contribution >= 0.6 is 0 Å². The van der Waals surface area contributed by atoms with Crippen molar-refractivity contribution in [3.05, 3.63) is 48.7 Å². The van der Waals surface area contributed by atoms with Gasteiger partial charge in [-0.15, -0.1) is 0 Å². The average Bonchev–Trinajstić information content (AvgIpc) is 3.21. The van der Waals surface area contributed by atoms with Gasteiger partial charge in [0.25, 0.3) is 0 Å². The summed E-state index contributed by atoms with van der Waals surface area (Å²) in [5.74, 6) is 2.09. The molecule has 7 nitrogen and oxygen atoms in total. The third-order valence-electron chi connectivity index (χ3n) is 3.65. The summed E-state index contributed by atoms with van der Waals surface area (Å²) in [7, 11) is 1.60. The number of imidazole rings is 2. The molecule has 1 atom stereocenters. The molecule has 24 heavy (non-hydrogen) atoms. The lowest BCUT2D eigenvalue weighted by Gasteiger charge is -2.15. The first-order valence-corrected chi connectivity index (χ1v) is 7.63. The summed E-state index contributed by atoms with van der Waals surface area (Å²) in [6, 6.07) is 7.29. The Balaban J connectivity index is 1.62. The van der Waals surface area contributed by atoms with Crippen LogP contribution in [-0.2, 0) is 6.54 Å². The number of ether oxygens (including phenoxy) is 2. The maximum Gasteiger partial charge on any atom is 0.160 e. The third kappa shape index (κ3) is 3.57. The number of benzene rings is 1. The van der Waals surface area contributed by atoms with E-state index in [1.807, 2.05) is 35.9 Å². The van der Waals surface area contributed by atoms with Gasteiger partial charge < -0.3 is 24.1 Å². The van der Waals surface area contributed by atoms with Crippen LogP contribution < -0.4 is 9.47 Å². The number of hydrogen-bond donors (Lipinski definition) is 2. The van der Waals surface area contributed by atoms with Gasteiger partial charge >= 0.3 is 0 Å². The molecule has 0 spiro atoms. The number of aromatic nitrogens is 4. The van der Waals surface area contributed by atoms with Crippen molar-refractivity contribution in [3.63, 3.8) is 0 Å². The van der Waals surface area contributed by atoms with Crippen molar-refractivity contribution in [2.24, 2.45) is 0 Å². The molecular formula is C17H20N4O3. The molecule has 3 rings (SSSR count). The third-order valence-corrected chi connectivity index (χ3v) is 3.65. The van der Waals surface area contributed by atoms with Crippen molar-refractivity contribution in [2.45, 2.75) is 19.6 Å². The summed E-state index contributed by atoms with van der Waals surface area (Å²) >= 11 is 0. The second kappa shape index (κ2) is 7.18. The van der Waals surface area contributed by atoms with E-state index in [-0.39, 0.29) is 6.61 Å². The second-order valence-electron chi connectivity index (χ2n) is 5.42. The summed E-state index contributed by atoms with van der Waals surface area (Å²) in [6.45, 7) is 2.47. The van der Waals surface area contributed by atoms with Crippen molar-refractivity contribution in [1.82, 2.24) is 19.5 Å². The molecule has 7 heteroatoms. The lowest BCUT2D eigenvalue weighted by atomic mass is 10.3. The summed E-state index contributed by atoms with van der Waals surface area (Å²) in [6.07, 6.45) is 4.46. The zero-order valence-electron chi connectivity index (χ0n) is 13.6. The maximum absolute atomic E-state index is 10.3. The van der Waals surface area contributed by atoms with Gasteiger partial charge in [-0.25, -0.2) is 9.97 Å². The van der Waals surface area contributed by atoms with Gasteiger partial charge in [0.15, 0.2) is 5.82 Å². The molecule has 3 aromatic rings. The van der Waals surface area contributed by atoms with Crippen molar-refractivity contribution < 1.29 is 14.6 Å². The molecule has 2 heterocycles. The van der Waals surface area contributed by atoms with Crippen LogP contribution in [0.15, 0.2) is 43.0 Å². The number of rotatable bonds is 7. The van der Waals surface area contributed by atoms with Crippen molar-refractivity contribution in [2.75, 3.05) is 13.7 Å². The highest BCUT2D eigenvalue weighted by Gasteiger charge is 2.14. The number of methoxy groups -OCH3 is 1. The zero-order chi connectivity index (χ0) is 16.9. The first kappa shape index (κ1) is 16.1.